The van der Waals surface area contributed by atoms with Crippen molar-refractivity contribution < 1.29 is 13.2 Å². The van der Waals surface area contributed by atoms with Crippen molar-refractivity contribution >= 4 is 32.4 Å². The lowest BCUT2D eigenvalue weighted by atomic mass is 10.2. The van der Waals surface area contributed by atoms with E-state index in [2.05, 4.69) is 15.5 Å². The second-order valence-corrected chi connectivity index (χ2v) is 8.38. The van der Waals surface area contributed by atoms with Crippen LogP contribution in [-0.4, -0.2) is 41.4 Å². The van der Waals surface area contributed by atoms with Crippen LogP contribution in [0, 0.1) is 0 Å². The average Bonchev–Trinajstić information content (AvgIpc) is 3.25. The minimum Gasteiger partial charge on any atom is -0.299 e. The van der Waals surface area contributed by atoms with Gasteiger partial charge < -0.3 is 0 Å². The molecule has 2 heterocycles. The predicted molar refractivity (Wildman–Crippen MR) is 91.3 cm³/mol. The standard InChI is InChI=1S/C15H18N4O3S2/c1-2-13-17-18-15(23-13)16-14(20)12-9-6-10-19(12)24(21,22)11-7-4-3-5-8-11/h3-5,7-8,12H,2,6,9-10H2,1H3,(H,16,18,20)/t12-/m0/s1. The van der Waals surface area contributed by atoms with Gasteiger partial charge in [0.05, 0.1) is 4.90 Å². The van der Waals surface area contributed by atoms with Crippen LogP contribution in [0.1, 0.15) is 24.8 Å². The monoisotopic (exact) mass is 366 g/mol. The number of rotatable bonds is 5. The molecule has 0 spiro atoms. The molecular formula is C15H18N4O3S2. The number of hydrogen-bond donors (Lipinski definition) is 1. The highest BCUT2D eigenvalue weighted by molar-refractivity contribution is 7.89. The third kappa shape index (κ3) is 3.33. The second kappa shape index (κ2) is 6.96. The Labute approximate surface area is 144 Å². The minimum absolute atomic E-state index is 0.203. The summed E-state index contributed by atoms with van der Waals surface area (Å²) in [6, 6.07) is 7.47. The van der Waals surface area contributed by atoms with E-state index < -0.39 is 16.1 Å². The SMILES string of the molecule is CCc1nnc(NC(=O)[C@@H]2CCCN2S(=O)(=O)c2ccccc2)s1. The smallest absolute Gasteiger partial charge is 0.244 e. The molecule has 1 fully saturated rings. The number of nitrogens with zero attached hydrogens (tertiary/aromatic N) is 3. The Kier molecular flexibility index (Phi) is 4.93. The van der Waals surface area contributed by atoms with Crippen LogP contribution >= 0.6 is 11.3 Å². The number of nitrogens with one attached hydrogen (secondary N) is 1. The number of carbonyl (C=O) groups excluding carboxylic acids is 1. The molecule has 0 saturated carbocycles. The molecule has 1 aliphatic heterocycles. The van der Waals surface area contributed by atoms with Gasteiger partial charge in [-0.1, -0.05) is 36.5 Å². The van der Waals surface area contributed by atoms with Crippen LogP contribution in [0.2, 0.25) is 0 Å². The lowest BCUT2D eigenvalue weighted by Crippen LogP contribution is -2.43. The van der Waals surface area contributed by atoms with Crippen molar-refractivity contribution in [2.75, 3.05) is 11.9 Å². The zero-order valence-electron chi connectivity index (χ0n) is 13.2. The Hall–Kier alpha value is -1.84. The van der Waals surface area contributed by atoms with Crippen molar-refractivity contribution in [2.45, 2.75) is 37.1 Å². The van der Waals surface area contributed by atoms with E-state index >= 15 is 0 Å². The van der Waals surface area contributed by atoms with Crippen LogP contribution in [0.25, 0.3) is 0 Å². The molecule has 0 unspecified atom stereocenters. The van der Waals surface area contributed by atoms with Crippen molar-refractivity contribution in [3.05, 3.63) is 35.3 Å². The highest BCUT2D eigenvalue weighted by Gasteiger charge is 2.39. The summed E-state index contributed by atoms with van der Waals surface area (Å²) >= 11 is 1.30. The van der Waals surface area contributed by atoms with E-state index in [0.717, 1.165) is 11.4 Å². The molecule has 9 heteroatoms. The number of amides is 1. The van der Waals surface area contributed by atoms with Gasteiger partial charge >= 0.3 is 0 Å². The molecule has 2 aromatic rings. The van der Waals surface area contributed by atoms with Gasteiger partial charge in [-0.2, -0.15) is 4.31 Å². The maximum atomic E-state index is 12.8. The summed E-state index contributed by atoms with van der Waals surface area (Å²) in [7, 11) is -3.68. The molecule has 1 aliphatic rings. The molecule has 1 N–H and O–H groups in total. The van der Waals surface area contributed by atoms with E-state index in [-0.39, 0.29) is 10.8 Å². The molecule has 1 aromatic carbocycles. The van der Waals surface area contributed by atoms with Gasteiger partial charge in [-0.25, -0.2) is 8.42 Å². The molecular weight excluding hydrogens is 348 g/mol. The van der Waals surface area contributed by atoms with Gasteiger partial charge in [-0.3, -0.25) is 10.1 Å². The highest BCUT2D eigenvalue weighted by atomic mass is 32.2. The largest absolute Gasteiger partial charge is 0.299 e. The fourth-order valence-electron chi connectivity index (χ4n) is 2.65. The number of sulfonamides is 1. The number of hydrogen-bond acceptors (Lipinski definition) is 6. The number of benzene rings is 1. The molecule has 7 nitrogen and oxygen atoms in total. The fourth-order valence-corrected chi connectivity index (χ4v) is 5.01. The van der Waals surface area contributed by atoms with Crippen molar-refractivity contribution in [1.82, 2.24) is 14.5 Å². The van der Waals surface area contributed by atoms with Gasteiger partial charge in [0.15, 0.2) is 0 Å². The summed E-state index contributed by atoms with van der Waals surface area (Å²) in [6.45, 7) is 2.29. The molecule has 1 saturated heterocycles. The van der Waals surface area contributed by atoms with Crippen LogP contribution < -0.4 is 5.32 Å². The first-order valence-corrected chi connectivity index (χ1v) is 9.98. The topological polar surface area (TPSA) is 92.3 Å². The molecule has 1 amide bonds. The van der Waals surface area contributed by atoms with E-state index in [1.165, 1.54) is 15.6 Å². The Morgan fingerprint density at radius 2 is 2.08 bits per heavy atom. The number of aromatic nitrogens is 2. The maximum Gasteiger partial charge on any atom is 0.244 e. The van der Waals surface area contributed by atoms with Crippen LogP contribution in [0.15, 0.2) is 35.2 Å². The minimum atomic E-state index is -3.68. The summed E-state index contributed by atoms with van der Waals surface area (Å²) in [5.74, 6) is -0.356. The highest BCUT2D eigenvalue weighted by Crippen LogP contribution is 2.27. The lowest BCUT2D eigenvalue weighted by molar-refractivity contribution is -0.119. The maximum absolute atomic E-state index is 12.8. The quantitative estimate of drug-likeness (QED) is 0.872. The van der Waals surface area contributed by atoms with Gasteiger partial charge in [0, 0.05) is 6.54 Å². The zero-order valence-corrected chi connectivity index (χ0v) is 14.8. The van der Waals surface area contributed by atoms with Crippen molar-refractivity contribution in [3.63, 3.8) is 0 Å². The van der Waals surface area contributed by atoms with E-state index in [4.69, 9.17) is 0 Å². The Bertz CT molecular complexity index is 820. The molecule has 0 radical (unpaired) electrons. The zero-order chi connectivity index (χ0) is 17.2. The number of aryl methyl sites for hydroxylation is 1. The summed E-state index contributed by atoms with van der Waals surface area (Å²) in [4.78, 5) is 12.7. The average molecular weight is 366 g/mol. The van der Waals surface area contributed by atoms with Gasteiger partial charge in [0.2, 0.25) is 21.1 Å². The fraction of sp³-hybridized carbons (Fsp3) is 0.400. The lowest BCUT2D eigenvalue weighted by Gasteiger charge is -2.22. The van der Waals surface area contributed by atoms with Crippen LogP contribution in [0.3, 0.4) is 0 Å². The van der Waals surface area contributed by atoms with Gasteiger partial charge in [0.25, 0.3) is 0 Å². The summed E-state index contributed by atoms with van der Waals surface area (Å²) in [6.07, 6.45) is 1.89. The first-order chi connectivity index (χ1) is 11.5. The molecule has 1 atom stereocenters. The molecule has 128 valence electrons. The first kappa shape index (κ1) is 17.0. The van der Waals surface area contributed by atoms with Gasteiger partial charge in [-0.15, -0.1) is 10.2 Å². The van der Waals surface area contributed by atoms with Gasteiger partial charge in [0.1, 0.15) is 11.0 Å². The molecule has 1 aromatic heterocycles. The third-order valence-corrected chi connectivity index (χ3v) is 6.76. The number of carbonyl (C=O) groups is 1. The Morgan fingerprint density at radius 1 is 1.33 bits per heavy atom. The van der Waals surface area contributed by atoms with E-state index in [1.54, 1.807) is 30.3 Å². The molecule has 0 bridgehead atoms. The van der Waals surface area contributed by atoms with E-state index in [1.807, 2.05) is 6.92 Å². The third-order valence-electron chi connectivity index (χ3n) is 3.86. The van der Waals surface area contributed by atoms with Crippen LogP contribution in [0.4, 0.5) is 5.13 Å². The summed E-state index contributed by atoms with van der Waals surface area (Å²) in [5.41, 5.74) is 0. The van der Waals surface area contributed by atoms with Crippen molar-refractivity contribution in [2.24, 2.45) is 0 Å². The molecule has 0 aliphatic carbocycles. The van der Waals surface area contributed by atoms with Gasteiger partial charge in [-0.05, 0) is 31.4 Å². The molecule has 24 heavy (non-hydrogen) atoms. The Balaban J connectivity index is 1.79. The van der Waals surface area contributed by atoms with E-state index in [0.29, 0.717) is 24.5 Å². The predicted octanol–water partition coefficient (Wildman–Crippen LogP) is 1.89. The molecule has 3 rings (SSSR count). The van der Waals surface area contributed by atoms with Crippen molar-refractivity contribution in [1.29, 1.82) is 0 Å². The normalized spacial score (nSPS) is 18.6. The van der Waals surface area contributed by atoms with Crippen molar-refractivity contribution in [3.8, 4) is 0 Å². The first-order valence-electron chi connectivity index (χ1n) is 7.72. The second-order valence-electron chi connectivity index (χ2n) is 5.43. The number of anilines is 1. The summed E-state index contributed by atoms with van der Waals surface area (Å²) < 4.78 is 26.8. The van der Waals surface area contributed by atoms with Crippen LogP contribution in [0.5, 0.6) is 0 Å². The summed E-state index contributed by atoms with van der Waals surface area (Å²) in [5, 5.41) is 11.8. The van der Waals surface area contributed by atoms with Crippen LogP contribution in [-0.2, 0) is 21.2 Å². The van der Waals surface area contributed by atoms with E-state index in [9.17, 15) is 13.2 Å². The Morgan fingerprint density at radius 3 is 2.75 bits per heavy atom.